The fourth-order valence-corrected chi connectivity index (χ4v) is 9.44. The van der Waals surface area contributed by atoms with Crippen LogP contribution in [0.3, 0.4) is 0 Å². The van der Waals surface area contributed by atoms with E-state index in [-0.39, 0.29) is 24.2 Å². The second kappa shape index (κ2) is 19.1. The van der Waals surface area contributed by atoms with Crippen molar-refractivity contribution in [2.45, 2.75) is 36.1 Å². The number of benzene rings is 4. The molecule has 4 aromatic carbocycles. The van der Waals surface area contributed by atoms with Crippen LogP contribution >= 0.6 is 23.3 Å². The lowest BCUT2D eigenvalue weighted by Gasteiger charge is -2.49. The number of hydrogen-bond acceptors (Lipinski definition) is 14. The molecule has 14 nitrogen and oxygen atoms in total. The van der Waals surface area contributed by atoms with Gasteiger partial charge in [-0.3, -0.25) is 19.3 Å². The monoisotopic (exact) mass is 875 g/mol. The molecule has 1 unspecified atom stereocenters. The standard InChI is InChI=1S/C45H42FN7O7S2/c1-52-25-24-35(60-52)23-20-30-27-61-42-37(41(55)53(42)38(30)43(56)58-26-29-18-21-34(57-2)22-19-29)47-40(54)36(50-59-28-46)39-48-44(62-51-39)49-45(31-12-6-3-7-13-31,32-14-8-4-9-15-32)33-16-10-5-11-17-33/h3-23,35,37,42H,24-28H2,1-2H3,(H,47,54)(H,48,49,51)/b23-20+,50-36-/t35?,37-,42-/m1/s1. The lowest BCUT2D eigenvalue weighted by Crippen LogP contribution is -2.71. The number of fused-ring (bicyclic) bond motifs is 1. The summed E-state index contributed by atoms with van der Waals surface area (Å²) in [5, 5.41) is 11.5. The first-order chi connectivity index (χ1) is 30.3. The quantitative estimate of drug-likeness (QED) is 0.0382. The average Bonchev–Trinajstić information content (AvgIpc) is 3.97. The van der Waals surface area contributed by atoms with Crippen LogP contribution in [0.4, 0.5) is 9.52 Å². The van der Waals surface area contributed by atoms with Crippen molar-refractivity contribution in [3.05, 3.63) is 167 Å². The number of alkyl halides is 1. The summed E-state index contributed by atoms with van der Waals surface area (Å²) in [4.78, 5) is 58.4. The number of amides is 2. The van der Waals surface area contributed by atoms with Crippen LogP contribution in [-0.2, 0) is 40.9 Å². The minimum Gasteiger partial charge on any atom is -0.497 e. The Bertz CT molecular complexity index is 2380. The van der Waals surface area contributed by atoms with Gasteiger partial charge in [0.2, 0.25) is 16.7 Å². The number of nitrogens with zero attached hydrogens (tertiary/aromatic N) is 5. The van der Waals surface area contributed by atoms with E-state index in [0.29, 0.717) is 22.2 Å². The number of rotatable bonds is 16. The van der Waals surface area contributed by atoms with Gasteiger partial charge in [-0.25, -0.2) is 9.18 Å². The number of methoxy groups -OCH3 is 1. The van der Waals surface area contributed by atoms with Crippen molar-refractivity contribution in [2.75, 3.05) is 38.6 Å². The zero-order chi connectivity index (χ0) is 43.1. The molecule has 3 aliphatic heterocycles. The average molecular weight is 876 g/mol. The van der Waals surface area contributed by atoms with E-state index < -0.39 is 47.3 Å². The summed E-state index contributed by atoms with van der Waals surface area (Å²) in [5.41, 5.74) is 2.72. The van der Waals surface area contributed by atoms with Gasteiger partial charge in [-0.15, -0.1) is 11.8 Å². The van der Waals surface area contributed by atoms with Gasteiger partial charge < -0.3 is 24.9 Å². The fourth-order valence-electron chi connectivity index (χ4n) is 7.49. The van der Waals surface area contributed by atoms with Gasteiger partial charge in [0.25, 0.3) is 18.7 Å². The number of aromatic nitrogens is 2. The van der Waals surface area contributed by atoms with Crippen LogP contribution in [0.2, 0.25) is 0 Å². The molecule has 1 aromatic heterocycles. The third kappa shape index (κ3) is 8.83. The zero-order valence-electron chi connectivity index (χ0n) is 33.7. The summed E-state index contributed by atoms with van der Waals surface area (Å²) in [6, 6.07) is 35.6. The molecule has 4 heterocycles. The predicted molar refractivity (Wildman–Crippen MR) is 232 cm³/mol. The molecule has 5 aromatic rings. The second-order valence-electron chi connectivity index (χ2n) is 14.4. The maximum Gasteiger partial charge on any atom is 0.355 e. The molecule has 0 saturated carbocycles. The van der Waals surface area contributed by atoms with E-state index in [1.165, 1.54) is 16.7 Å². The van der Waals surface area contributed by atoms with Gasteiger partial charge in [0.15, 0.2) is 0 Å². The largest absolute Gasteiger partial charge is 0.497 e. The number of esters is 1. The van der Waals surface area contributed by atoms with Crippen molar-refractivity contribution in [3.63, 3.8) is 0 Å². The predicted octanol–water partition coefficient (Wildman–Crippen LogP) is 6.19. The smallest absolute Gasteiger partial charge is 0.355 e. The molecule has 0 bridgehead atoms. The summed E-state index contributed by atoms with van der Waals surface area (Å²) < 4.78 is 28.9. The molecule has 0 radical (unpaired) electrons. The third-order valence-corrected chi connectivity index (χ3v) is 12.5. The molecule has 17 heteroatoms. The van der Waals surface area contributed by atoms with Crippen molar-refractivity contribution < 1.29 is 37.9 Å². The number of hydrogen-bond donors (Lipinski definition) is 2. The van der Waals surface area contributed by atoms with E-state index in [0.717, 1.165) is 46.8 Å². The summed E-state index contributed by atoms with van der Waals surface area (Å²) in [5.74, 6) is -1.29. The molecule has 2 amide bonds. The van der Waals surface area contributed by atoms with E-state index in [1.807, 2.05) is 104 Å². The SMILES string of the molecule is COc1ccc(COC(=O)C2=C(/C=C/C3CCN(C)O3)CS[C@@H]3[C@H](NC(=O)/C(=N\OCF)c4nsc(NC(c5ccccc5)(c5ccccc5)c5ccccc5)n4)C(=O)N23)cc1. The normalized spacial score (nSPS) is 19.2. The van der Waals surface area contributed by atoms with Crippen LogP contribution in [0.15, 0.2) is 144 Å². The molecule has 318 valence electrons. The zero-order valence-corrected chi connectivity index (χ0v) is 35.3. The number of carbonyl (C=O) groups excluding carboxylic acids is 3. The third-order valence-electron chi connectivity index (χ3n) is 10.5. The highest BCUT2D eigenvalue weighted by Crippen LogP contribution is 2.42. The van der Waals surface area contributed by atoms with Crippen molar-refractivity contribution in [1.82, 2.24) is 24.6 Å². The molecular formula is C45H42FN7O7S2. The number of nitrogens with one attached hydrogen (secondary N) is 2. The Hall–Kier alpha value is -6.40. The number of anilines is 1. The lowest BCUT2D eigenvalue weighted by molar-refractivity contribution is -0.153. The Labute approximate surface area is 365 Å². The maximum absolute atomic E-state index is 14.0. The Kier molecular flexibility index (Phi) is 13.0. The molecule has 8 rings (SSSR count). The highest BCUT2D eigenvalue weighted by atomic mass is 32.2. The Morgan fingerprint density at radius 3 is 2.19 bits per heavy atom. The van der Waals surface area contributed by atoms with Gasteiger partial charge in [-0.05, 0) is 46.4 Å². The minimum absolute atomic E-state index is 0.0467. The Balaban J connectivity index is 1.04. The highest BCUT2D eigenvalue weighted by molar-refractivity contribution is 8.00. The summed E-state index contributed by atoms with van der Waals surface area (Å²) in [6.45, 7) is -0.626. The molecule has 0 spiro atoms. The number of allylic oxidation sites excluding steroid dienone is 1. The molecule has 62 heavy (non-hydrogen) atoms. The van der Waals surface area contributed by atoms with E-state index >= 15 is 0 Å². The van der Waals surface area contributed by atoms with E-state index in [4.69, 9.17) is 19.1 Å². The minimum atomic E-state index is -1.33. The topological polar surface area (TPSA) is 157 Å². The summed E-state index contributed by atoms with van der Waals surface area (Å²) in [6.07, 6.45) is 4.22. The fraction of sp³-hybridized carbons (Fsp3) is 0.244. The molecule has 3 atom stereocenters. The number of ether oxygens (including phenoxy) is 2. The molecule has 2 saturated heterocycles. The van der Waals surface area contributed by atoms with Gasteiger partial charge in [-0.1, -0.05) is 120 Å². The number of carbonyl (C=O) groups is 3. The van der Waals surface area contributed by atoms with E-state index in [9.17, 15) is 18.8 Å². The van der Waals surface area contributed by atoms with Crippen LogP contribution < -0.4 is 15.4 Å². The van der Waals surface area contributed by atoms with Crippen molar-refractivity contribution >= 4 is 51.9 Å². The summed E-state index contributed by atoms with van der Waals surface area (Å²) >= 11 is 2.34. The van der Waals surface area contributed by atoms with Crippen molar-refractivity contribution in [1.29, 1.82) is 0 Å². The first-order valence-electron chi connectivity index (χ1n) is 19.7. The molecule has 2 N–H and O–H groups in total. The highest BCUT2D eigenvalue weighted by Gasteiger charge is 2.54. The van der Waals surface area contributed by atoms with Gasteiger partial charge >= 0.3 is 5.97 Å². The number of oxime groups is 1. The number of halogens is 1. The maximum atomic E-state index is 14.0. The first-order valence-corrected chi connectivity index (χ1v) is 21.5. The molecule has 0 aliphatic carbocycles. The van der Waals surface area contributed by atoms with Gasteiger partial charge in [0, 0.05) is 30.9 Å². The van der Waals surface area contributed by atoms with Crippen molar-refractivity contribution in [2.24, 2.45) is 5.16 Å². The molecule has 2 fully saturated rings. The van der Waals surface area contributed by atoms with Gasteiger partial charge in [0.05, 0.1) is 13.2 Å². The van der Waals surface area contributed by atoms with Crippen LogP contribution in [0.25, 0.3) is 0 Å². The lowest BCUT2D eigenvalue weighted by atomic mass is 9.77. The number of hydroxylamine groups is 2. The van der Waals surface area contributed by atoms with Crippen LogP contribution in [0, 0.1) is 0 Å². The van der Waals surface area contributed by atoms with E-state index in [1.54, 1.807) is 42.5 Å². The van der Waals surface area contributed by atoms with Gasteiger partial charge in [-0.2, -0.15) is 14.4 Å². The first kappa shape index (κ1) is 42.3. The number of thioether (sulfide) groups is 1. The second-order valence-corrected chi connectivity index (χ2v) is 16.2. The molecular weight excluding hydrogens is 834 g/mol. The van der Waals surface area contributed by atoms with Gasteiger partial charge in [0.1, 0.15) is 35.0 Å². The van der Waals surface area contributed by atoms with Crippen LogP contribution in [0.5, 0.6) is 5.75 Å². The van der Waals surface area contributed by atoms with E-state index in [2.05, 4.69) is 25.1 Å². The Morgan fingerprint density at radius 2 is 1.61 bits per heavy atom. The van der Waals surface area contributed by atoms with Crippen LogP contribution in [0.1, 0.15) is 34.5 Å². The molecule has 3 aliphatic rings. The number of β-lactam (4-membered cyclic amide) rings is 1. The summed E-state index contributed by atoms with van der Waals surface area (Å²) in [7, 11) is 3.41. The van der Waals surface area contributed by atoms with Crippen LogP contribution in [-0.4, -0.2) is 93.7 Å². The van der Waals surface area contributed by atoms with Crippen molar-refractivity contribution in [3.8, 4) is 5.75 Å². The Morgan fingerprint density at radius 1 is 0.968 bits per heavy atom.